The number of carbonyl (C=O) groups is 6. The molecule has 0 saturated carbocycles. The van der Waals surface area contributed by atoms with Crippen LogP contribution in [0.3, 0.4) is 0 Å². The van der Waals surface area contributed by atoms with E-state index >= 15 is 0 Å². The van der Waals surface area contributed by atoms with Crippen LogP contribution in [0.1, 0.15) is 106 Å². The summed E-state index contributed by atoms with van der Waals surface area (Å²) < 4.78 is 12.0. The maximum atomic E-state index is 14.5. The van der Waals surface area contributed by atoms with Gasteiger partial charge in [0.25, 0.3) is 0 Å². The number of nitrogens with one attached hydrogen (secondary N) is 2. The van der Waals surface area contributed by atoms with Gasteiger partial charge in [-0.2, -0.15) is 0 Å². The van der Waals surface area contributed by atoms with Gasteiger partial charge in [0.1, 0.15) is 12.1 Å². The average molecular weight is 910 g/mol. The molecular weight excluding hydrogens is 835 g/mol. The Morgan fingerprint density at radius 2 is 1.47 bits per heavy atom. The van der Waals surface area contributed by atoms with E-state index in [2.05, 4.69) is 10.6 Å². The SMILES string of the molecule is CCC(C)C(C(CC(=O)N1CCC[C@H]1C(OC)C(C)C(=O)NC(C)C(O)c1ccccc1)OC)N(C)C(=O)C(NC(=O)C(C(C)C)N(C)C(=O)CCSSCCC(=O)O)C(C)C. The molecular formula is C45H75N5O10S2. The molecule has 0 bridgehead atoms. The summed E-state index contributed by atoms with van der Waals surface area (Å²) >= 11 is 0. The van der Waals surface area contributed by atoms with Gasteiger partial charge in [-0.25, -0.2) is 0 Å². The third-order valence-electron chi connectivity index (χ3n) is 12.1. The lowest BCUT2D eigenvalue weighted by Gasteiger charge is -2.41. The van der Waals surface area contributed by atoms with Crippen molar-refractivity contribution in [1.29, 1.82) is 0 Å². The third-order valence-corrected chi connectivity index (χ3v) is 14.5. The zero-order valence-corrected chi connectivity index (χ0v) is 40.6. The fraction of sp³-hybridized carbons (Fsp3) is 0.733. The van der Waals surface area contributed by atoms with Gasteiger partial charge in [-0.05, 0) is 43.1 Å². The lowest BCUT2D eigenvalue weighted by atomic mass is 9.89. The van der Waals surface area contributed by atoms with Gasteiger partial charge in [0, 0.05) is 52.8 Å². The van der Waals surface area contributed by atoms with Crippen LogP contribution in [0.25, 0.3) is 0 Å². The smallest absolute Gasteiger partial charge is 0.304 e. The molecule has 1 saturated heterocycles. The zero-order chi connectivity index (χ0) is 46.8. The highest BCUT2D eigenvalue weighted by Gasteiger charge is 2.43. The Bertz CT molecular complexity index is 1590. The van der Waals surface area contributed by atoms with Crippen LogP contribution < -0.4 is 10.6 Å². The van der Waals surface area contributed by atoms with Gasteiger partial charge in [-0.1, -0.05) is 107 Å². The first-order valence-electron chi connectivity index (χ1n) is 21.9. The minimum atomic E-state index is -0.937. The number of carboxylic acid groups (broad SMARTS) is 1. The van der Waals surface area contributed by atoms with Crippen molar-refractivity contribution in [2.45, 2.75) is 142 Å². The monoisotopic (exact) mass is 909 g/mol. The molecule has 4 N–H and O–H groups in total. The summed E-state index contributed by atoms with van der Waals surface area (Å²) in [4.78, 5) is 85.1. The van der Waals surface area contributed by atoms with Crippen molar-refractivity contribution in [3.05, 3.63) is 35.9 Å². The number of carbonyl (C=O) groups excluding carboxylic acids is 5. The number of likely N-dealkylation sites (tertiary alicyclic amines) is 1. The molecule has 0 radical (unpaired) electrons. The maximum absolute atomic E-state index is 14.5. The Morgan fingerprint density at radius 1 is 0.855 bits per heavy atom. The van der Waals surface area contributed by atoms with Crippen LogP contribution in [0.5, 0.6) is 0 Å². The number of benzene rings is 1. The molecule has 0 aromatic heterocycles. The molecule has 1 fully saturated rings. The zero-order valence-electron chi connectivity index (χ0n) is 39.0. The topological polar surface area (TPSA) is 195 Å². The van der Waals surface area contributed by atoms with Crippen LogP contribution in [0.2, 0.25) is 0 Å². The van der Waals surface area contributed by atoms with Crippen LogP contribution in [-0.2, 0) is 38.2 Å². The van der Waals surface area contributed by atoms with Crippen molar-refractivity contribution >= 4 is 57.1 Å². The summed E-state index contributed by atoms with van der Waals surface area (Å²) in [5.74, 6) is -2.82. The first-order valence-corrected chi connectivity index (χ1v) is 24.4. The molecule has 2 rings (SSSR count). The van der Waals surface area contributed by atoms with Crippen molar-refractivity contribution in [2.24, 2.45) is 23.7 Å². The minimum Gasteiger partial charge on any atom is -0.481 e. The molecule has 62 heavy (non-hydrogen) atoms. The molecule has 1 aliphatic rings. The number of hydrogen-bond acceptors (Lipinski definition) is 11. The van der Waals surface area contributed by atoms with Gasteiger partial charge in [0.05, 0.1) is 55.2 Å². The lowest BCUT2D eigenvalue weighted by Crippen LogP contribution is -2.60. The summed E-state index contributed by atoms with van der Waals surface area (Å²) in [6, 6.07) is 5.84. The molecule has 1 aliphatic heterocycles. The fourth-order valence-electron chi connectivity index (χ4n) is 8.28. The van der Waals surface area contributed by atoms with Crippen LogP contribution in [-0.4, -0.2) is 149 Å². The summed E-state index contributed by atoms with van der Waals surface area (Å²) in [7, 11) is 9.12. The summed E-state index contributed by atoms with van der Waals surface area (Å²) in [6.07, 6.45) is -0.0264. The number of aliphatic hydroxyl groups is 1. The molecule has 5 amide bonds. The number of rotatable bonds is 27. The predicted octanol–water partition coefficient (Wildman–Crippen LogP) is 5.02. The predicted molar refractivity (Wildman–Crippen MR) is 245 cm³/mol. The second-order valence-electron chi connectivity index (χ2n) is 17.2. The number of aliphatic hydroxyl groups excluding tert-OH is 1. The summed E-state index contributed by atoms with van der Waals surface area (Å²) in [6.45, 7) is 15.4. The highest BCUT2D eigenvalue weighted by Crippen LogP contribution is 2.30. The van der Waals surface area contributed by atoms with Crippen molar-refractivity contribution in [3.8, 4) is 0 Å². The number of methoxy groups -OCH3 is 2. The third kappa shape index (κ3) is 15.7. The van der Waals surface area contributed by atoms with Gasteiger partial charge in [0.2, 0.25) is 29.5 Å². The molecule has 1 heterocycles. The van der Waals surface area contributed by atoms with Crippen molar-refractivity contribution in [1.82, 2.24) is 25.3 Å². The van der Waals surface area contributed by atoms with E-state index in [1.54, 1.807) is 49.9 Å². The van der Waals surface area contributed by atoms with Gasteiger partial charge in [-0.15, -0.1) is 0 Å². The molecule has 15 nitrogen and oxygen atoms in total. The van der Waals surface area contributed by atoms with E-state index in [4.69, 9.17) is 14.6 Å². The Hall–Kier alpha value is -3.38. The van der Waals surface area contributed by atoms with Crippen molar-refractivity contribution in [3.63, 3.8) is 0 Å². The lowest BCUT2D eigenvalue weighted by molar-refractivity contribution is -0.148. The molecule has 9 unspecified atom stereocenters. The maximum Gasteiger partial charge on any atom is 0.304 e. The molecule has 1 aromatic carbocycles. The number of nitrogens with zero attached hydrogens (tertiary/aromatic N) is 3. The quantitative estimate of drug-likeness (QED) is 0.0682. The van der Waals surface area contributed by atoms with E-state index in [1.165, 1.54) is 40.7 Å². The Kier molecular flexibility index (Phi) is 23.9. The normalized spacial score (nSPS) is 18.5. The Balaban J connectivity index is 2.22. The van der Waals surface area contributed by atoms with Crippen LogP contribution in [0.15, 0.2) is 30.3 Å². The van der Waals surface area contributed by atoms with Gasteiger partial charge in [0.15, 0.2) is 0 Å². The number of aliphatic carboxylic acids is 1. The van der Waals surface area contributed by atoms with E-state index in [-0.39, 0.29) is 66.7 Å². The van der Waals surface area contributed by atoms with Crippen LogP contribution >= 0.6 is 21.6 Å². The highest BCUT2D eigenvalue weighted by atomic mass is 33.1. The first-order chi connectivity index (χ1) is 29.2. The summed E-state index contributed by atoms with van der Waals surface area (Å²) in [5.41, 5.74) is 0.690. The van der Waals surface area contributed by atoms with Gasteiger partial charge >= 0.3 is 5.97 Å². The standard InChI is InChI=1S/C45H75N5O10S2/c1-13-29(6)40(49(10)45(58)38(27(2)3)47-44(57)39(28(4)5)48(9)35(51)21-24-61-62-25-22-37(53)54)34(59-11)26-36(52)50-23-17-20-33(50)42(60-12)30(7)43(56)46-31(8)41(55)32-18-15-14-16-19-32/h14-16,18-19,27-31,33-34,38-42,55H,13,17,20-26H2,1-12H3,(H,46,56)(H,47,57)(H,53,54)/t29?,30?,31?,33-,34?,38?,39?,40?,41?,42?/m0/s1. The number of carboxylic acids is 1. The van der Waals surface area contributed by atoms with E-state index in [9.17, 15) is 33.9 Å². The van der Waals surface area contributed by atoms with Gasteiger partial charge < -0.3 is 45.0 Å². The number of likely N-dealkylation sites (N-methyl/N-ethyl adjacent to an activating group) is 2. The van der Waals surface area contributed by atoms with E-state index in [0.29, 0.717) is 36.5 Å². The number of ether oxygens (including phenoxy) is 2. The van der Waals surface area contributed by atoms with Gasteiger partial charge in [-0.3, -0.25) is 28.8 Å². The van der Waals surface area contributed by atoms with E-state index in [1.807, 2.05) is 59.7 Å². The largest absolute Gasteiger partial charge is 0.481 e. The Labute approximate surface area is 377 Å². The minimum absolute atomic E-state index is 0.0334. The molecule has 0 aliphatic carbocycles. The molecule has 17 heteroatoms. The Morgan fingerprint density at radius 3 is 2.00 bits per heavy atom. The first kappa shape index (κ1) is 54.8. The van der Waals surface area contributed by atoms with Crippen LogP contribution in [0.4, 0.5) is 0 Å². The van der Waals surface area contributed by atoms with Crippen molar-refractivity contribution in [2.75, 3.05) is 46.4 Å². The summed E-state index contributed by atoms with van der Waals surface area (Å²) in [5, 5.41) is 25.6. The second-order valence-corrected chi connectivity index (χ2v) is 19.9. The number of amides is 5. The van der Waals surface area contributed by atoms with Crippen LogP contribution in [0, 0.1) is 23.7 Å². The van der Waals surface area contributed by atoms with Crippen molar-refractivity contribution < 1.29 is 48.5 Å². The average Bonchev–Trinajstić information content (AvgIpc) is 3.72. The molecule has 10 atom stereocenters. The number of hydrogen-bond donors (Lipinski definition) is 4. The molecule has 352 valence electrons. The van der Waals surface area contributed by atoms with E-state index in [0.717, 1.165) is 6.42 Å². The molecule has 1 aromatic rings. The molecule has 0 spiro atoms. The second kappa shape index (κ2) is 27.1. The highest BCUT2D eigenvalue weighted by molar-refractivity contribution is 8.76. The van der Waals surface area contributed by atoms with E-state index < -0.39 is 60.3 Å². The fourth-order valence-corrected chi connectivity index (χ4v) is 10.2.